The van der Waals surface area contributed by atoms with E-state index in [4.69, 9.17) is 0 Å². The molecule has 0 bridgehead atoms. The summed E-state index contributed by atoms with van der Waals surface area (Å²) in [7, 11) is 1.89. The van der Waals surface area contributed by atoms with E-state index in [1.807, 2.05) is 35.0 Å². The van der Waals surface area contributed by atoms with E-state index < -0.39 is 0 Å². The van der Waals surface area contributed by atoms with E-state index in [1.165, 1.54) is 10.8 Å². The number of nitrogens with zero attached hydrogens (tertiary/aromatic N) is 2. The van der Waals surface area contributed by atoms with Crippen molar-refractivity contribution >= 4 is 22.6 Å². The Morgan fingerprint density at radius 2 is 1.96 bits per heavy atom. The zero-order valence-electron chi connectivity index (χ0n) is 13.9. The number of amides is 2. The van der Waals surface area contributed by atoms with Crippen LogP contribution in [-0.4, -0.2) is 47.8 Å². The first-order valence-corrected chi connectivity index (χ1v) is 8.63. The summed E-state index contributed by atoms with van der Waals surface area (Å²) in [5, 5.41) is 2.37. The fourth-order valence-corrected chi connectivity index (χ4v) is 4.15. The topological polar surface area (TPSA) is 40.6 Å². The smallest absolute Gasteiger partial charge is 0.227 e. The number of hydrogen-bond acceptors (Lipinski definition) is 2. The molecule has 24 heavy (non-hydrogen) atoms. The van der Waals surface area contributed by atoms with Gasteiger partial charge in [0, 0.05) is 38.5 Å². The molecular formula is C20H22N2O2. The summed E-state index contributed by atoms with van der Waals surface area (Å²) < 4.78 is 0. The summed E-state index contributed by atoms with van der Waals surface area (Å²) in [4.78, 5) is 28.4. The number of piperidine rings is 1. The molecule has 4 nitrogen and oxygen atoms in total. The number of carbonyl (C=O) groups is 2. The minimum absolute atomic E-state index is 0.172. The normalized spacial score (nSPS) is 23.6. The van der Waals surface area contributed by atoms with Gasteiger partial charge in [0.25, 0.3) is 0 Å². The highest BCUT2D eigenvalue weighted by Crippen LogP contribution is 2.31. The second-order valence-corrected chi connectivity index (χ2v) is 7.02. The van der Waals surface area contributed by atoms with Crippen LogP contribution in [0, 0.1) is 5.92 Å². The zero-order valence-corrected chi connectivity index (χ0v) is 13.9. The highest BCUT2D eigenvalue weighted by atomic mass is 16.2. The van der Waals surface area contributed by atoms with Gasteiger partial charge in [-0.25, -0.2) is 0 Å². The van der Waals surface area contributed by atoms with Gasteiger partial charge in [-0.3, -0.25) is 9.59 Å². The van der Waals surface area contributed by atoms with E-state index in [0.29, 0.717) is 31.3 Å². The highest BCUT2D eigenvalue weighted by Gasteiger charge is 2.41. The Morgan fingerprint density at radius 3 is 2.79 bits per heavy atom. The van der Waals surface area contributed by atoms with E-state index in [-0.39, 0.29) is 11.8 Å². The monoisotopic (exact) mass is 322 g/mol. The molecule has 2 amide bonds. The van der Waals surface area contributed by atoms with Gasteiger partial charge in [-0.05, 0) is 22.8 Å². The van der Waals surface area contributed by atoms with Crippen LogP contribution >= 0.6 is 0 Å². The minimum Gasteiger partial charge on any atom is -0.342 e. The molecule has 2 saturated heterocycles. The number of fused-ring (bicyclic) bond motifs is 2. The van der Waals surface area contributed by atoms with Crippen molar-refractivity contribution in [3.05, 3.63) is 48.0 Å². The molecule has 0 N–H and O–H groups in total. The molecule has 0 spiro atoms. The summed E-state index contributed by atoms with van der Waals surface area (Å²) in [6.45, 7) is 1.47. The van der Waals surface area contributed by atoms with Gasteiger partial charge in [0.05, 0.1) is 6.42 Å². The number of hydrogen-bond donors (Lipinski definition) is 0. The van der Waals surface area contributed by atoms with Gasteiger partial charge in [0.15, 0.2) is 0 Å². The van der Waals surface area contributed by atoms with Crippen molar-refractivity contribution in [1.29, 1.82) is 0 Å². The summed E-state index contributed by atoms with van der Waals surface area (Å²) in [5.74, 6) is 0.691. The van der Waals surface area contributed by atoms with Gasteiger partial charge >= 0.3 is 0 Å². The molecule has 2 aliphatic heterocycles. The van der Waals surface area contributed by atoms with Crippen molar-refractivity contribution in [1.82, 2.24) is 9.80 Å². The maximum atomic E-state index is 12.7. The molecule has 2 aromatic carbocycles. The van der Waals surface area contributed by atoms with E-state index in [0.717, 1.165) is 18.5 Å². The van der Waals surface area contributed by atoms with Crippen LogP contribution in [0.1, 0.15) is 18.4 Å². The van der Waals surface area contributed by atoms with Crippen molar-refractivity contribution in [3.8, 4) is 0 Å². The Balaban J connectivity index is 1.45. The number of carbonyl (C=O) groups excluding carboxylic acids is 2. The Labute approximate surface area is 142 Å². The van der Waals surface area contributed by atoms with Gasteiger partial charge in [-0.2, -0.15) is 0 Å². The lowest BCUT2D eigenvalue weighted by Gasteiger charge is -2.36. The van der Waals surface area contributed by atoms with Gasteiger partial charge in [-0.15, -0.1) is 0 Å². The Morgan fingerprint density at radius 1 is 1.17 bits per heavy atom. The lowest BCUT2D eigenvalue weighted by atomic mass is 9.92. The van der Waals surface area contributed by atoms with Gasteiger partial charge in [0.1, 0.15) is 0 Å². The summed E-state index contributed by atoms with van der Waals surface area (Å²) in [6.07, 6.45) is 1.92. The van der Waals surface area contributed by atoms with Gasteiger partial charge < -0.3 is 9.80 Å². The third-order valence-electron chi connectivity index (χ3n) is 5.54. The third-order valence-corrected chi connectivity index (χ3v) is 5.54. The largest absolute Gasteiger partial charge is 0.342 e. The molecule has 2 aliphatic rings. The van der Waals surface area contributed by atoms with Crippen LogP contribution in [0.4, 0.5) is 0 Å². The molecule has 0 aromatic heterocycles. The quantitative estimate of drug-likeness (QED) is 0.852. The van der Waals surface area contributed by atoms with Gasteiger partial charge in [-0.1, -0.05) is 42.5 Å². The number of likely N-dealkylation sites (tertiary alicyclic amines) is 2. The Hall–Kier alpha value is -2.36. The van der Waals surface area contributed by atoms with Crippen molar-refractivity contribution in [3.63, 3.8) is 0 Å². The van der Waals surface area contributed by atoms with Crippen LogP contribution in [-0.2, 0) is 16.0 Å². The molecular weight excluding hydrogens is 300 g/mol. The Kier molecular flexibility index (Phi) is 3.75. The summed E-state index contributed by atoms with van der Waals surface area (Å²) in [5.41, 5.74) is 1.06. The molecule has 0 unspecified atom stereocenters. The average Bonchev–Trinajstić information content (AvgIpc) is 2.88. The average molecular weight is 322 g/mol. The highest BCUT2D eigenvalue weighted by molar-refractivity contribution is 5.85. The van der Waals surface area contributed by atoms with Crippen molar-refractivity contribution in [2.24, 2.45) is 5.92 Å². The molecule has 2 aromatic rings. The summed E-state index contributed by atoms with van der Waals surface area (Å²) >= 11 is 0. The molecule has 4 rings (SSSR count). The molecule has 2 heterocycles. The minimum atomic E-state index is 0.172. The maximum absolute atomic E-state index is 12.7. The van der Waals surface area contributed by atoms with Crippen molar-refractivity contribution in [2.75, 3.05) is 20.1 Å². The zero-order chi connectivity index (χ0) is 16.7. The fourth-order valence-electron chi connectivity index (χ4n) is 4.15. The first-order valence-electron chi connectivity index (χ1n) is 8.63. The maximum Gasteiger partial charge on any atom is 0.227 e. The lowest BCUT2D eigenvalue weighted by Crippen LogP contribution is -2.47. The van der Waals surface area contributed by atoms with Crippen LogP contribution in [0.2, 0.25) is 0 Å². The van der Waals surface area contributed by atoms with Crippen LogP contribution in [0.5, 0.6) is 0 Å². The standard InChI is InChI=1S/C20H22N2O2/c1-21-18-8-9-22(13-17(18)12-19(21)23)20(24)11-14-6-7-15-4-2-3-5-16(15)10-14/h2-7,10,17-18H,8-9,11-13H2,1H3/t17-,18+/m1/s1. The lowest BCUT2D eigenvalue weighted by molar-refractivity contribution is -0.132. The molecule has 2 atom stereocenters. The summed E-state index contributed by atoms with van der Waals surface area (Å²) in [6, 6.07) is 14.8. The van der Waals surface area contributed by atoms with E-state index >= 15 is 0 Å². The third kappa shape index (κ3) is 2.66. The van der Waals surface area contributed by atoms with Crippen LogP contribution < -0.4 is 0 Å². The van der Waals surface area contributed by atoms with Crippen molar-refractivity contribution < 1.29 is 9.59 Å². The SMILES string of the molecule is CN1C(=O)C[C@@H]2CN(C(=O)Cc3ccc4ccccc4c3)CC[C@@H]21. The molecule has 0 radical (unpaired) electrons. The molecule has 2 fully saturated rings. The number of rotatable bonds is 2. The Bertz CT molecular complexity index is 801. The van der Waals surface area contributed by atoms with Gasteiger partial charge in [0.2, 0.25) is 11.8 Å². The second-order valence-electron chi connectivity index (χ2n) is 7.02. The second kappa shape index (κ2) is 5.93. The van der Waals surface area contributed by atoms with Crippen LogP contribution in [0.3, 0.4) is 0 Å². The van der Waals surface area contributed by atoms with Crippen molar-refractivity contribution in [2.45, 2.75) is 25.3 Å². The molecule has 4 heteroatoms. The molecule has 0 saturated carbocycles. The molecule has 0 aliphatic carbocycles. The fraction of sp³-hybridized carbons (Fsp3) is 0.400. The first kappa shape index (κ1) is 15.2. The molecule has 124 valence electrons. The number of benzene rings is 2. The van der Waals surface area contributed by atoms with Crippen LogP contribution in [0.25, 0.3) is 10.8 Å². The van der Waals surface area contributed by atoms with E-state index in [9.17, 15) is 9.59 Å². The predicted molar refractivity (Wildman–Crippen MR) is 93.5 cm³/mol. The van der Waals surface area contributed by atoms with E-state index in [1.54, 1.807) is 0 Å². The van der Waals surface area contributed by atoms with E-state index in [2.05, 4.69) is 24.3 Å². The predicted octanol–water partition coefficient (Wildman–Crippen LogP) is 2.46. The first-order chi connectivity index (χ1) is 11.6. The van der Waals surface area contributed by atoms with Crippen LogP contribution in [0.15, 0.2) is 42.5 Å².